The van der Waals surface area contributed by atoms with Crippen molar-refractivity contribution in [2.75, 3.05) is 10.2 Å². The Labute approximate surface area is 227 Å². The van der Waals surface area contributed by atoms with Gasteiger partial charge in [0.15, 0.2) is 0 Å². The molecular formula is C34H28N2O3. The van der Waals surface area contributed by atoms with E-state index in [1.807, 2.05) is 63.2 Å². The van der Waals surface area contributed by atoms with E-state index in [0.717, 1.165) is 33.4 Å². The minimum atomic E-state index is -0.957. The zero-order chi connectivity index (χ0) is 27.1. The summed E-state index contributed by atoms with van der Waals surface area (Å²) >= 11 is 0. The van der Waals surface area contributed by atoms with Crippen molar-refractivity contribution in [2.45, 2.75) is 32.6 Å². The van der Waals surface area contributed by atoms with Gasteiger partial charge in [-0.25, -0.2) is 4.90 Å². The van der Waals surface area contributed by atoms with E-state index in [9.17, 15) is 14.4 Å². The van der Waals surface area contributed by atoms with Crippen molar-refractivity contribution < 1.29 is 14.4 Å². The number of amides is 3. The molecule has 2 atom stereocenters. The molecule has 5 heteroatoms. The first-order chi connectivity index (χ1) is 18.8. The van der Waals surface area contributed by atoms with Crippen molar-refractivity contribution in [3.05, 3.63) is 130 Å². The van der Waals surface area contributed by atoms with E-state index >= 15 is 0 Å². The molecule has 1 fully saturated rings. The van der Waals surface area contributed by atoms with Crippen molar-refractivity contribution in [1.82, 2.24) is 0 Å². The molecule has 1 saturated heterocycles. The maximum atomic E-state index is 14.5. The molecule has 5 nitrogen and oxygen atoms in total. The van der Waals surface area contributed by atoms with Crippen molar-refractivity contribution in [3.63, 3.8) is 0 Å². The summed E-state index contributed by atoms with van der Waals surface area (Å²) in [6, 6.07) is 29.1. The molecule has 0 radical (unpaired) electrons. The van der Waals surface area contributed by atoms with Crippen LogP contribution in [0, 0.1) is 25.2 Å². The summed E-state index contributed by atoms with van der Waals surface area (Å²) < 4.78 is 0. The second kappa shape index (κ2) is 8.24. The standard InChI is InChI=1S/C34H28N2O3/c1-19-11-10-17-26(20(19)2)35-31(37)25-16-8-9-18-27(25)36-32(38)30-28-21-12-4-6-14-23(21)29(34(30,3)33(36)39)24-15-7-5-13-22(24)28/h4-18,28-30H,1-3H3,(H,35,37)/t28?,29?,30-,34+/m0/s1. The smallest absolute Gasteiger partial charge is 0.257 e. The largest absolute Gasteiger partial charge is 0.322 e. The minimum absolute atomic E-state index is 0.218. The molecule has 1 N–H and O–H groups in total. The topological polar surface area (TPSA) is 66.5 Å². The lowest BCUT2D eigenvalue weighted by Gasteiger charge is -2.51. The number of para-hydroxylation sites is 1. The van der Waals surface area contributed by atoms with E-state index in [-0.39, 0.29) is 29.6 Å². The van der Waals surface area contributed by atoms with E-state index in [4.69, 9.17) is 0 Å². The molecule has 192 valence electrons. The number of nitrogens with zero attached hydrogens (tertiary/aromatic N) is 1. The van der Waals surface area contributed by atoms with Crippen LogP contribution < -0.4 is 10.2 Å². The molecule has 1 heterocycles. The van der Waals surface area contributed by atoms with Gasteiger partial charge >= 0.3 is 0 Å². The van der Waals surface area contributed by atoms with Crippen LogP contribution in [0.5, 0.6) is 0 Å². The second-order valence-electron chi connectivity index (χ2n) is 11.1. The highest BCUT2D eigenvalue weighted by molar-refractivity contribution is 6.27. The fourth-order valence-electron chi connectivity index (χ4n) is 7.28. The van der Waals surface area contributed by atoms with Crippen LogP contribution in [0.4, 0.5) is 11.4 Å². The first-order valence-electron chi connectivity index (χ1n) is 13.4. The number of nitrogens with one attached hydrogen (secondary N) is 1. The van der Waals surface area contributed by atoms with Crippen LogP contribution in [0.2, 0.25) is 0 Å². The fraction of sp³-hybridized carbons (Fsp3) is 0.206. The normalized spacial score (nSPS) is 24.3. The van der Waals surface area contributed by atoms with Crippen LogP contribution in [0.15, 0.2) is 91.0 Å². The fourth-order valence-corrected chi connectivity index (χ4v) is 7.28. The first-order valence-corrected chi connectivity index (χ1v) is 13.4. The molecule has 0 saturated carbocycles. The third kappa shape index (κ3) is 3.04. The van der Waals surface area contributed by atoms with E-state index in [1.54, 1.807) is 24.3 Å². The van der Waals surface area contributed by atoms with E-state index in [2.05, 4.69) is 29.6 Å². The van der Waals surface area contributed by atoms with Gasteiger partial charge in [-0.05, 0) is 72.4 Å². The summed E-state index contributed by atoms with van der Waals surface area (Å²) in [5, 5.41) is 3.00. The van der Waals surface area contributed by atoms with Crippen molar-refractivity contribution >= 4 is 29.1 Å². The lowest BCUT2D eigenvalue weighted by atomic mass is 9.48. The minimum Gasteiger partial charge on any atom is -0.322 e. The summed E-state index contributed by atoms with van der Waals surface area (Å²) in [6.45, 7) is 5.90. The molecule has 0 aromatic heterocycles. The SMILES string of the molecule is Cc1cccc(NC(=O)c2ccccc2N2C(=O)[C@@H]3C4c5ccccc5C(c5ccccc54)[C@@]3(C)C2=O)c1C. The van der Waals surface area contributed by atoms with Gasteiger partial charge in [-0.3, -0.25) is 14.4 Å². The third-order valence-electron chi connectivity index (χ3n) is 9.26. The monoisotopic (exact) mass is 512 g/mol. The molecule has 3 amide bonds. The van der Waals surface area contributed by atoms with Gasteiger partial charge in [0.1, 0.15) is 0 Å². The van der Waals surface area contributed by atoms with Gasteiger partial charge in [0.2, 0.25) is 11.8 Å². The number of hydrogen-bond acceptors (Lipinski definition) is 3. The molecule has 4 aromatic carbocycles. The Morgan fingerprint density at radius 2 is 1.36 bits per heavy atom. The second-order valence-corrected chi connectivity index (χ2v) is 11.1. The Morgan fingerprint density at radius 3 is 2.03 bits per heavy atom. The number of imide groups is 1. The summed E-state index contributed by atoms with van der Waals surface area (Å²) in [7, 11) is 0. The van der Waals surface area contributed by atoms with Crippen molar-refractivity contribution in [3.8, 4) is 0 Å². The predicted molar refractivity (Wildman–Crippen MR) is 151 cm³/mol. The van der Waals surface area contributed by atoms with Crippen LogP contribution in [0.1, 0.15) is 62.5 Å². The van der Waals surface area contributed by atoms with Crippen LogP contribution in [0.3, 0.4) is 0 Å². The van der Waals surface area contributed by atoms with Crippen LogP contribution in [0.25, 0.3) is 0 Å². The number of rotatable bonds is 3. The van der Waals surface area contributed by atoms with Crippen LogP contribution in [-0.2, 0) is 9.59 Å². The van der Waals surface area contributed by atoms with Gasteiger partial charge in [-0.2, -0.15) is 0 Å². The molecule has 0 spiro atoms. The highest BCUT2D eigenvalue weighted by Gasteiger charge is 2.69. The molecule has 39 heavy (non-hydrogen) atoms. The number of carbonyl (C=O) groups excluding carboxylic acids is 3. The molecule has 2 bridgehead atoms. The number of carbonyl (C=O) groups is 3. The average Bonchev–Trinajstić information content (AvgIpc) is 3.16. The first kappa shape index (κ1) is 23.6. The van der Waals surface area contributed by atoms with Gasteiger partial charge in [0, 0.05) is 17.5 Å². The highest BCUT2D eigenvalue weighted by Crippen LogP contribution is 2.67. The van der Waals surface area contributed by atoms with Crippen LogP contribution in [-0.4, -0.2) is 17.7 Å². The molecule has 4 aromatic rings. The van der Waals surface area contributed by atoms with Gasteiger partial charge in [-0.15, -0.1) is 0 Å². The van der Waals surface area contributed by atoms with E-state index in [0.29, 0.717) is 16.9 Å². The molecule has 4 aliphatic rings. The lowest BCUT2D eigenvalue weighted by Crippen LogP contribution is -2.49. The Kier molecular flexibility index (Phi) is 4.99. The Balaban J connectivity index is 1.35. The summed E-state index contributed by atoms with van der Waals surface area (Å²) in [6.07, 6.45) is 0. The Bertz CT molecular complexity index is 1680. The highest BCUT2D eigenvalue weighted by atomic mass is 16.2. The van der Waals surface area contributed by atoms with E-state index in [1.165, 1.54) is 4.90 Å². The van der Waals surface area contributed by atoms with Crippen molar-refractivity contribution in [2.24, 2.45) is 11.3 Å². The zero-order valence-electron chi connectivity index (χ0n) is 22.1. The quantitative estimate of drug-likeness (QED) is 0.326. The third-order valence-corrected chi connectivity index (χ3v) is 9.26. The number of anilines is 2. The van der Waals surface area contributed by atoms with E-state index < -0.39 is 11.3 Å². The molecule has 1 aliphatic heterocycles. The maximum Gasteiger partial charge on any atom is 0.257 e. The number of aryl methyl sites for hydroxylation is 1. The van der Waals surface area contributed by atoms with Gasteiger partial charge in [-0.1, -0.05) is 72.8 Å². The number of hydrogen-bond donors (Lipinski definition) is 1. The molecular weight excluding hydrogens is 484 g/mol. The Hall–Kier alpha value is -4.51. The zero-order valence-corrected chi connectivity index (χ0v) is 22.1. The van der Waals surface area contributed by atoms with Crippen LogP contribution >= 0.6 is 0 Å². The lowest BCUT2D eigenvalue weighted by molar-refractivity contribution is -0.128. The van der Waals surface area contributed by atoms with Gasteiger partial charge in [0.25, 0.3) is 5.91 Å². The molecule has 0 unspecified atom stereocenters. The van der Waals surface area contributed by atoms with Gasteiger partial charge in [0.05, 0.1) is 22.6 Å². The summed E-state index contributed by atoms with van der Waals surface area (Å²) in [4.78, 5) is 43.8. The predicted octanol–water partition coefficient (Wildman–Crippen LogP) is 6.34. The van der Waals surface area contributed by atoms with Crippen molar-refractivity contribution in [1.29, 1.82) is 0 Å². The maximum absolute atomic E-state index is 14.5. The summed E-state index contributed by atoms with van der Waals surface area (Å²) in [5.74, 6) is -1.84. The van der Waals surface area contributed by atoms with Gasteiger partial charge < -0.3 is 5.32 Å². The number of benzene rings is 4. The molecule has 3 aliphatic carbocycles. The Morgan fingerprint density at radius 1 is 0.769 bits per heavy atom. The average molecular weight is 513 g/mol. The summed E-state index contributed by atoms with van der Waals surface area (Å²) in [5.41, 5.74) is 6.89. The molecule has 8 rings (SSSR count).